The number of nitrogens with zero attached hydrogens (tertiary/aromatic N) is 1. The highest BCUT2D eigenvalue weighted by Crippen LogP contribution is 2.10. The first-order valence-electron chi connectivity index (χ1n) is 7.43. The summed E-state index contributed by atoms with van der Waals surface area (Å²) >= 11 is 0. The van der Waals surface area contributed by atoms with Gasteiger partial charge in [-0.05, 0) is 50.2 Å². The van der Waals surface area contributed by atoms with Crippen LogP contribution in [0.25, 0.3) is 0 Å². The molecule has 0 heterocycles. The number of hydrogen-bond donors (Lipinski definition) is 1. The molecule has 0 radical (unpaired) electrons. The van der Waals surface area contributed by atoms with Crippen LogP contribution in [-0.2, 0) is 10.0 Å². The van der Waals surface area contributed by atoms with Crippen LogP contribution in [0.15, 0.2) is 59.5 Å². The van der Waals surface area contributed by atoms with Crippen molar-refractivity contribution >= 4 is 15.9 Å². The van der Waals surface area contributed by atoms with E-state index < -0.39 is 10.0 Å². The summed E-state index contributed by atoms with van der Waals surface area (Å²) in [4.78, 5) is 0.187. The summed E-state index contributed by atoms with van der Waals surface area (Å²) < 4.78 is 42.9. The second-order valence-corrected chi connectivity index (χ2v) is 6.63. The second kappa shape index (κ2) is 7.37. The third-order valence-corrected chi connectivity index (χ3v) is 4.84. The van der Waals surface area contributed by atoms with Crippen LogP contribution in [0.1, 0.15) is 19.4 Å². The fraction of sp³-hybridized carbons (Fsp3) is 0.235. The topological polar surface area (TPSA) is 49.2 Å². The zero-order chi connectivity index (χ0) is 16.9. The molecule has 2 aromatic rings. The van der Waals surface area contributed by atoms with Gasteiger partial charge >= 0.3 is 10.0 Å². The molecule has 122 valence electrons. The van der Waals surface area contributed by atoms with Gasteiger partial charge in [-0.15, -0.1) is 0 Å². The van der Waals surface area contributed by atoms with Gasteiger partial charge in [-0.3, -0.25) is 4.58 Å². The van der Waals surface area contributed by atoms with Gasteiger partial charge in [0.25, 0.3) is 5.84 Å². The lowest BCUT2D eigenvalue weighted by Crippen LogP contribution is -2.38. The Kier molecular flexibility index (Phi) is 5.50. The average Bonchev–Trinajstić information content (AvgIpc) is 2.56. The molecule has 4 nitrogen and oxygen atoms in total. The fourth-order valence-electron chi connectivity index (χ4n) is 2.24. The van der Waals surface area contributed by atoms with Crippen LogP contribution < -0.4 is 4.72 Å². The smallest absolute Gasteiger partial charge is 0.261 e. The van der Waals surface area contributed by atoms with E-state index in [9.17, 15) is 12.8 Å². The lowest BCUT2D eigenvalue weighted by atomic mass is 10.2. The zero-order valence-corrected chi connectivity index (χ0v) is 14.0. The van der Waals surface area contributed by atoms with Crippen molar-refractivity contribution in [1.29, 1.82) is 0 Å². The highest BCUT2D eigenvalue weighted by Gasteiger charge is 2.25. The maximum absolute atomic E-state index is 13.2. The van der Waals surface area contributed by atoms with Crippen LogP contribution in [-0.4, -0.2) is 31.9 Å². The third-order valence-electron chi connectivity index (χ3n) is 3.48. The minimum atomic E-state index is -3.71. The molecule has 23 heavy (non-hydrogen) atoms. The van der Waals surface area contributed by atoms with Gasteiger partial charge in [-0.25, -0.2) is 4.39 Å². The number of sulfonamides is 1. The van der Waals surface area contributed by atoms with E-state index in [1.807, 2.05) is 18.4 Å². The summed E-state index contributed by atoms with van der Waals surface area (Å²) in [5, 5.41) is 0. The van der Waals surface area contributed by atoms with Crippen LogP contribution in [0.2, 0.25) is 0 Å². The molecule has 0 atom stereocenters. The van der Waals surface area contributed by atoms with Gasteiger partial charge in [-0.1, -0.05) is 18.2 Å². The van der Waals surface area contributed by atoms with E-state index in [1.165, 1.54) is 24.3 Å². The van der Waals surface area contributed by atoms with Crippen LogP contribution in [0, 0.1) is 5.82 Å². The summed E-state index contributed by atoms with van der Waals surface area (Å²) in [6, 6.07) is 13.9. The molecule has 0 unspecified atom stereocenters. The van der Waals surface area contributed by atoms with Crippen molar-refractivity contribution in [1.82, 2.24) is 4.72 Å². The molecule has 0 bridgehead atoms. The second-order valence-electron chi connectivity index (χ2n) is 4.95. The highest BCUT2D eigenvalue weighted by atomic mass is 32.2. The van der Waals surface area contributed by atoms with E-state index in [1.54, 1.807) is 30.3 Å². The van der Waals surface area contributed by atoms with Gasteiger partial charge < -0.3 is 0 Å². The van der Waals surface area contributed by atoms with Gasteiger partial charge in [0.2, 0.25) is 0 Å². The normalized spacial score (nSPS) is 11.1. The lowest BCUT2D eigenvalue weighted by molar-refractivity contribution is -0.521. The van der Waals surface area contributed by atoms with Gasteiger partial charge in [0.05, 0.1) is 18.7 Å². The minimum absolute atomic E-state index is 0.187. The summed E-state index contributed by atoms with van der Waals surface area (Å²) in [6.45, 7) is 5.12. The number of amidine groups is 1. The Morgan fingerprint density at radius 2 is 1.57 bits per heavy atom. The maximum Gasteiger partial charge on any atom is 0.328 e. The van der Waals surface area contributed by atoms with E-state index in [0.717, 1.165) is 0 Å². The number of hydrogen-bond acceptors (Lipinski definition) is 2. The molecule has 1 N–H and O–H groups in total. The average molecular weight is 335 g/mol. The van der Waals surface area contributed by atoms with Crippen LogP contribution in [0.5, 0.6) is 0 Å². The summed E-state index contributed by atoms with van der Waals surface area (Å²) in [7, 11) is -3.71. The van der Waals surface area contributed by atoms with Gasteiger partial charge in [-0.2, -0.15) is 13.1 Å². The van der Waals surface area contributed by atoms with Gasteiger partial charge in [0, 0.05) is 0 Å². The van der Waals surface area contributed by atoms with Crippen LogP contribution in [0.4, 0.5) is 4.39 Å². The van der Waals surface area contributed by atoms with Crippen molar-refractivity contribution in [2.24, 2.45) is 0 Å². The number of halogens is 1. The minimum Gasteiger partial charge on any atom is -0.261 e. The molecule has 0 aliphatic rings. The Balaban J connectivity index is 2.48. The van der Waals surface area contributed by atoms with E-state index in [0.29, 0.717) is 24.5 Å². The molecule has 0 spiro atoms. The summed E-state index contributed by atoms with van der Waals surface area (Å²) in [5.41, 5.74) is 0.620. The molecule has 0 fully saturated rings. The quantitative estimate of drug-likeness (QED) is 0.519. The lowest BCUT2D eigenvalue weighted by Gasteiger charge is -2.11. The number of benzene rings is 2. The van der Waals surface area contributed by atoms with Crippen LogP contribution >= 0.6 is 0 Å². The van der Waals surface area contributed by atoms with Gasteiger partial charge in [0.15, 0.2) is 0 Å². The van der Waals surface area contributed by atoms with E-state index in [4.69, 9.17) is 0 Å². The van der Waals surface area contributed by atoms with Crippen molar-refractivity contribution in [3.63, 3.8) is 0 Å². The van der Waals surface area contributed by atoms with Crippen molar-refractivity contribution in [3.05, 3.63) is 66.0 Å². The number of nitrogens with one attached hydrogen (secondary N) is 1. The molecular formula is C17H20FN2O2S+. The van der Waals surface area contributed by atoms with E-state index >= 15 is 0 Å². The van der Waals surface area contributed by atoms with Crippen molar-refractivity contribution in [3.8, 4) is 0 Å². The molecule has 6 heteroatoms. The Morgan fingerprint density at radius 3 is 2.09 bits per heavy atom. The molecule has 0 saturated heterocycles. The Hall–Kier alpha value is -2.21. The number of rotatable bonds is 5. The fourth-order valence-corrected chi connectivity index (χ4v) is 3.37. The molecule has 0 saturated carbocycles. The highest BCUT2D eigenvalue weighted by molar-refractivity contribution is 7.90. The Bertz CT molecular complexity index is 779. The zero-order valence-electron chi connectivity index (χ0n) is 13.2. The molecule has 0 amide bonds. The van der Waals surface area contributed by atoms with E-state index in [-0.39, 0.29) is 10.7 Å². The van der Waals surface area contributed by atoms with Crippen molar-refractivity contribution < 1.29 is 17.4 Å². The predicted octanol–water partition coefficient (Wildman–Crippen LogP) is 2.60. The molecule has 0 aliphatic carbocycles. The monoisotopic (exact) mass is 335 g/mol. The molecule has 2 rings (SSSR count). The SMILES string of the molecule is CC[N+](CC)=C(NS(=O)(=O)c1ccccc1)c1ccc(F)cc1. The molecular weight excluding hydrogens is 315 g/mol. The Labute approximate surface area is 136 Å². The standard InChI is InChI=1S/C17H19FN2O2S/c1-3-20(4-2)17(14-10-12-15(18)13-11-14)19-23(21,22)16-8-6-5-7-9-16/h5-13H,3-4H2,1-2H3/p+1. The predicted molar refractivity (Wildman–Crippen MR) is 88.6 cm³/mol. The van der Waals surface area contributed by atoms with Crippen molar-refractivity contribution in [2.45, 2.75) is 18.7 Å². The largest absolute Gasteiger partial charge is 0.328 e. The first-order chi connectivity index (χ1) is 11.0. The molecule has 2 aromatic carbocycles. The van der Waals surface area contributed by atoms with Crippen molar-refractivity contribution in [2.75, 3.05) is 13.1 Å². The third kappa shape index (κ3) is 4.16. The van der Waals surface area contributed by atoms with E-state index in [2.05, 4.69) is 4.72 Å². The molecule has 0 aliphatic heterocycles. The first-order valence-corrected chi connectivity index (χ1v) is 8.92. The maximum atomic E-state index is 13.2. The van der Waals surface area contributed by atoms with Crippen LogP contribution in [0.3, 0.4) is 0 Å². The first kappa shape index (κ1) is 17.1. The Morgan fingerprint density at radius 1 is 1.00 bits per heavy atom. The summed E-state index contributed by atoms with van der Waals surface area (Å²) in [5.74, 6) is 0.0809. The van der Waals surface area contributed by atoms with Gasteiger partial charge in [0.1, 0.15) is 10.7 Å². The molecule has 0 aromatic heterocycles. The summed E-state index contributed by atoms with van der Waals surface area (Å²) in [6.07, 6.45) is 0.